The summed E-state index contributed by atoms with van der Waals surface area (Å²) in [6, 6.07) is 8.41. The molecular formula is C15H20N4. The van der Waals surface area contributed by atoms with Crippen LogP contribution in [0.1, 0.15) is 30.9 Å². The molecule has 0 unspecified atom stereocenters. The molecule has 1 heterocycles. The van der Waals surface area contributed by atoms with Gasteiger partial charge in [0.2, 0.25) is 5.95 Å². The molecule has 0 bridgehead atoms. The third-order valence-electron chi connectivity index (χ3n) is 3.01. The van der Waals surface area contributed by atoms with E-state index in [9.17, 15) is 0 Å². The van der Waals surface area contributed by atoms with Crippen molar-refractivity contribution >= 4 is 17.5 Å². The summed E-state index contributed by atoms with van der Waals surface area (Å²) >= 11 is 0. The van der Waals surface area contributed by atoms with Gasteiger partial charge < -0.3 is 10.6 Å². The van der Waals surface area contributed by atoms with Crippen LogP contribution in [0.25, 0.3) is 0 Å². The maximum Gasteiger partial charge on any atom is 0.224 e. The van der Waals surface area contributed by atoms with E-state index in [0.29, 0.717) is 11.9 Å². The van der Waals surface area contributed by atoms with Gasteiger partial charge in [-0.2, -0.15) is 4.98 Å². The summed E-state index contributed by atoms with van der Waals surface area (Å²) in [5.74, 6) is 1.97. The average molecular weight is 256 g/mol. The first-order chi connectivity index (χ1) is 9.10. The number of rotatable bonds is 4. The highest BCUT2D eigenvalue weighted by atomic mass is 15.1. The lowest BCUT2D eigenvalue weighted by molar-refractivity contribution is 0.867. The molecule has 2 aromatic rings. The van der Waals surface area contributed by atoms with E-state index in [2.05, 4.69) is 52.6 Å². The van der Waals surface area contributed by atoms with Crippen LogP contribution in [0.2, 0.25) is 0 Å². The topological polar surface area (TPSA) is 49.8 Å². The van der Waals surface area contributed by atoms with Crippen LogP contribution in [0.4, 0.5) is 17.5 Å². The maximum atomic E-state index is 4.43. The van der Waals surface area contributed by atoms with E-state index in [4.69, 9.17) is 0 Å². The van der Waals surface area contributed by atoms with Gasteiger partial charge in [-0.3, -0.25) is 0 Å². The number of aryl methyl sites for hydroxylation is 1. The zero-order valence-electron chi connectivity index (χ0n) is 11.9. The van der Waals surface area contributed by atoms with Crippen LogP contribution >= 0.6 is 0 Å². The minimum Gasteiger partial charge on any atom is -0.357 e. The molecule has 0 aliphatic heterocycles. The lowest BCUT2D eigenvalue weighted by Crippen LogP contribution is -2.02. The Morgan fingerprint density at radius 2 is 2.00 bits per heavy atom. The number of nitrogens with zero attached hydrogens (tertiary/aromatic N) is 2. The predicted octanol–water partition coefficient (Wildman–Crippen LogP) is 3.69. The number of aromatic nitrogens is 2. The van der Waals surface area contributed by atoms with Gasteiger partial charge in [0.05, 0.1) is 0 Å². The second-order valence-corrected chi connectivity index (χ2v) is 4.88. The van der Waals surface area contributed by atoms with E-state index in [1.807, 2.05) is 26.2 Å². The third kappa shape index (κ3) is 3.22. The molecule has 1 aromatic heterocycles. The second kappa shape index (κ2) is 5.69. The Balaban J connectivity index is 2.28. The van der Waals surface area contributed by atoms with Crippen molar-refractivity contribution in [1.29, 1.82) is 0 Å². The Kier molecular flexibility index (Phi) is 4.00. The van der Waals surface area contributed by atoms with E-state index in [1.165, 1.54) is 5.56 Å². The van der Waals surface area contributed by atoms with Crippen LogP contribution in [0.5, 0.6) is 0 Å². The Bertz CT molecular complexity index is 564. The molecule has 0 saturated heterocycles. The van der Waals surface area contributed by atoms with Crippen LogP contribution in [0.15, 0.2) is 30.5 Å². The van der Waals surface area contributed by atoms with Crippen molar-refractivity contribution in [3.8, 4) is 0 Å². The fraction of sp³-hybridized carbons (Fsp3) is 0.333. The largest absolute Gasteiger partial charge is 0.357 e. The molecule has 2 rings (SSSR count). The maximum absolute atomic E-state index is 4.43. The van der Waals surface area contributed by atoms with Crippen LogP contribution in [0, 0.1) is 6.92 Å². The summed E-state index contributed by atoms with van der Waals surface area (Å²) in [6.07, 6.45) is 1.81. The average Bonchev–Trinajstić information content (AvgIpc) is 2.41. The molecule has 0 aliphatic carbocycles. The minimum absolute atomic E-state index is 0.515. The summed E-state index contributed by atoms with van der Waals surface area (Å²) in [5.41, 5.74) is 3.38. The monoisotopic (exact) mass is 256 g/mol. The minimum atomic E-state index is 0.515. The predicted molar refractivity (Wildman–Crippen MR) is 80.1 cm³/mol. The van der Waals surface area contributed by atoms with Gasteiger partial charge in [-0.15, -0.1) is 0 Å². The molecule has 4 heteroatoms. The van der Waals surface area contributed by atoms with Crippen LogP contribution in [-0.4, -0.2) is 17.0 Å². The molecule has 0 saturated carbocycles. The molecule has 19 heavy (non-hydrogen) atoms. The van der Waals surface area contributed by atoms with Gasteiger partial charge in [-0.1, -0.05) is 26.0 Å². The van der Waals surface area contributed by atoms with Crippen molar-refractivity contribution in [1.82, 2.24) is 9.97 Å². The van der Waals surface area contributed by atoms with Gasteiger partial charge in [-0.25, -0.2) is 4.98 Å². The van der Waals surface area contributed by atoms with Crippen molar-refractivity contribution < 1.29 is 0 Å². The van der Waals surface area contributed by atoms with Gasteiger partial charge >= 0.3 is 0 Å². The number of anilines is 3. The fourth-order valence-electron chi connectivity index (χ4n) is 1.80. The van der Waals surface area contributed by atoms with Crippen molar-refractivity contribution in [3.63, 3.8) is 0 Å². The molecule has 0 atom stereocenters. The van der Waals surface area contributed by atoms with E-state index in [-0.39, 0.29) is 0 Å². The van der Waals surface area contributed by atoms with Crippen molar-refractivity contribution in [3.05, 3.63) is 41.6 Å². The summed E-state index contributed by atoms with van der Waals surface area (Å²) in [6.45, 7) is 6.37. The smallest absolute Gasteiger partial charge is 0.224 e. The zero-order chi connectivity index (χ0) is 13.8. The fourth-order valence-corrected chi connectivity index (χ4v) is 1.80. The Morgan fingerprint density at radius 1 is 1.21 bits per heavy atom. The highest BCUT2D eigenvalue weighted by Gasteiger charge is 2.05. The number of nitrogens with one attached hydrogen (secondary N) is 2. The first-order valence-electron chi connectivity index (χ1n) is 6.48. The van der Waals surface area contributed by atoms with E-state index >= 15 is 0 Å². The SMILES string of the molecule is CNc1ncc(C)c(Nc2cccc(C(C)C)c2)n1. The van der Waals surface area contributed by atoms with Gasteiger partial charge in [-0.05, 0) is 30.5 Å². The number of benzene rings is 1. The molecule has 0 radical (unpaired) electrons. The van der Waals surface area contributed by atoms with Crippen LogP contribution in [0.3, 0.4) is 0 Å². The molecule has 0 amide bonds. The molecule has 100 valence electrons. The summed E-state index contributed by atoms with van der Waals surface area (Å²) in [5, 5.41) is 6.30. The molecule has 2 N–H and O–H groups in total. The summed E-state index contributed by atoms with van der Waals surface area (Å²) in [4.78, 5) is 8.61. The lowest BCUT2D eigenvalue weighted by atomic mass is 10.0. The standard InChI is InChI=1S/C15H20N4/c1-10(2)12-6-5-7-13(8-12)18-14-11(3)9-17-15(16-4)19-14/h5-10H,1-4H3,(H2,16,17,18,19). The molecular weight excluding hydrogens is 236 g/mol. The van der Waals surface area contributed by atoms with Gasteiger partial charge in [0.15, 0.2) is 0 Å². The van der Waals surface area contributed by atoms with Gasteiger partial charge in [0.1, 0.15) is 5.82 Å². The highest BCUT2D eigenvalue weighted by molar-refractivity contribution is 5.60. The highest BCUT2D eigenvalue weighted by Crippen LogP contribution is 2.22. The Hall–Kier alpha value is -2.10. The van der Waals surface area contributed by atoms with Crippen molar-refractivity contribution in [2.24, 2.45) is 0 Å². The molecule has 0 aliphatic rings. The Labute approximate surface area is 114 Å². The van der Waals surface area contributed by atoms with Crippen LogP contribution in [-0.2, 0) is 0 Å². The molecule has 0 spiro atoms. The van der Waals surface area contributed by atoms with Crippen LogP contribution < -0.4 is 10.6 Å². The normalized spacial score (nSPS) is 10.6. The van der Waals surface area contributed by atoms with Gasteiger partial charge in [0.25, 0.3) is 0 Å². The molecule has 0 fully saturated rings. The first kappa shape index (κ1) is 13.3. The van der Waals surface area contributed by atoms with E-state index in [0.717, 1.165) is 17.1 Å². The lowest BCUT2D eigenvalue weighted by Gasteiger charge is -2.12. The van der Waals surface area contributed by atoms with Gasteiger partial charge in [0, 0.05) is 24.5 Å². The summed E-state index contributed by atoms with van der Waals surface area (Å²) in [7, 11) is 1.81. The third-order valence-corrected chi connectivity index (χ3v) is 3.01. The van der Waals surface area contributed by atoms with Crippen molar-refractivity contribution in [2.45, 2.75) is 26.7 Å². The summed E-state index contributed by atoms with van der Waals surface area (Å²) < 4.78 is 0. The quantitative estimate of drug-likeness (QED) is 0.876. The van der Waals surface area contributed by atoms with E-state index in [1.54, 1.807) is 0 Å². The Morgan fingerprint density at radius 3 is 2.68 bits per heavy atom. The van der Waals surface area contributed by atoms with E-state index < -0.39 is 0 Å². The van der Waals surface area contributed by atoms with Crippen molar-refractivity contribution in [2.75, 3.05) is 17.7 Å². The molecule has 1 aromatic carbocycles. The number of hydrogen-bond donors (Lipinski definition) is 2. The zero-order valence-corrected chi connectivity index (χ0v) is 11.9. The molecule has 4 nitrogen and oxygen atoms in total. The second-order valence-electron chi connectivity index (χ2n) is 4.88. The first-order valence-corrected chi connectivity index (χ1v) is 6.48. The number of hydrogen-bond acceptors (Lipinski definition) is 4.